The average Bonchev–Trinajstić information content (AvgIpc) is 2.70. The van der Waals surface area contributed by atoms with Crippen molar-refractivity contribution in [1.82, 2.24) is 15.3 Å². The van der Waals surface area contributed by atoms with Gasteiger partial charge in [0.15, 0.2) is 0 Å². The molecule has 8 heteroatoms. The fourth-order valence-electron chi connectivity index (χ4n) is 2.21. The molecule has 0 radical (unpaired) electrons. The van der Waals surface area contributed by atoms with E-state index in [1.807, 2.05) is 24.3 Å². The van der Waals surface area contributed by atoms with Gasteiger partial charge in [-0.25, -0.2) is 5.43 Å². The van der Waals surface area contributed by atoms with Crippen molar-refractivity contribution >= 4 is 55.8 Å². The van der Waals surface area contributed by atoms with E-state index < -0.39 is 0 Å². The highest BCUT2D eigenvalue weighted by molar-refractivity contribution is 9.10. The van der Waals surface area contributed by atoms with Gasteiger partial charge in [0.25, 0.3) is 5.91 Å². The van der Waals surface area contributed by atoms with Crippen LogP contribution in [0.4, 0.5) is 0 Å². The summed E-state index contributed by atoms with van der Waals surface area (Å²) >= 11 is 10.5. The molecule has 0 saturated heterocycles. The second kappa shape index (κ2) is 11.2. The summed E-state index contributed by atoms with van der Waals surface area (Å²) in [7, 11) is 0. The smallest absolute Gasteiger partial charge is 0.271 e. The number of hydrazone groups is 1. The fourth-order valence-corrected chi connectivity index (χ4v) is 3.84. The summed E-state index contributed by atoms with van der Waals surface area (Å²) < 4.78 is 1.81. The average molecular weight is 465 g/mol. The highest BCUT2D eigenvalue weighted by Gasteiger charge is 2.11. The lowest BCUT2D eigenvalue weighted by molar-refractivity contribution is 0.0954. The molecule has 1 amide bonds. The quantitative estimate of drug-likeness (QED) is 0.375. The normalized spacial score (nSPS) is 11.1. The number of hydrogen-bond donors (Lipinski definition) is 1. The van der Waals surface area contributed by atoms with Gasteiger partial charge in [-0.2, -0.15) is 5.10 Å². The van der Waals surface area contributed by atoms with E-state index in [1.54, 1.807) is 36.3 Å². The van der Waals surface area contributed by atoms with Crippen molar-refractivity contribution in [2.45, 2.75) is 13.8 Å². The van der Waals surface area contributed by atoms with Crippen LogP contribution in [0.15, 0.2) is 58.4 Å². The number of thiocarbonyl (C=S) groups is 1. The number of halogens is 1. The molecule has 0 aliphatic carbocycles. The third-order valence-electron chi connectivity index (χ3n) is 3.77. The van der Waals surface area contributed by atoms with Crippen LogP contribution in [0.2, 0.25) is 0 Å². The standard InChI is InChI=1S/C19H21BrN4OS2/c1-3-24(4-2)19(26)27-13-17(14-5-7-16(20)8-6-14)22-23-18(25)15-9-11-21-12-10-15/h5-12H,3-4,13H2,1-2H3,(H,23,25)/b22-17+. The molecular weight excluding hydrogens is 444 g/mol. The number of carbonyl (C=O) groups excluding carboxylic acids is 1. The van der Waals surface area contributed by atoms with E-state index >= 15 is 0 Å². The van der Waals surface area contributed by atoms with Gasteiger partial charge in [0.1, 0.15) is 4.32 Å². The Labute approximate surface area is 177 Å². The van der Waals surface area contributed by atoms with Crippen molar-refractivity contribution in [2.24, 2.45) is 5.10 Å². The van der Waals surface area contributed by atoms with E-state index in [-0.39, 0.29) is 5.91 Å². The first-order valence-electron chi connectivity index (χ1n) is 8.49. The van der Waals surface area contributed by atoms with Crippen LogP contribution in [0.1, 0.15) is 29.8 Å². The van der Waals surface area contributed by atoms with E-state index in [2.05, 4.69) is 50.2 Å². The Kier molecular flexibility index (Phi) is 8.90. The molecule has 1 aromatic heterocycles. The molecule has 2 aromatic rings. The highest BCUT2D eigenvalue weighted by atomic mass is 79.9. The third kappa shape index (κ3) is 6.71. The number of aromatic nitrogens is 1. The molecule has 1 N–H and O–H groups in total. The topological polar surface area (TPSA) is 57.6 Å². The molecule has 0 bridgehead atoms. The maximum absolute atomic E-state index is 12.3. The van der Waals surface area contributed by atoms with Gasteiger partial charge in [0.2, 0.25) is 0 Å². The minimum atomic E-state index is -0.275. The summed E-state index contributed by atoms with van der Waals surface area (Å²) in [6, 6.07) is 11.1. The molecule has 0 saturated carbocycles. The molecule has 0 aliphatic rings. The lowest BCUT2D eigenvalue weighted by Gasteiger charge is -2.21. The molecule has 5 nitrogen and oxygen atoms in total. The molecule has 1 heterocycles. The van der Waals surface area contributed by atoms with Crippen molar-refractivity contribution in [2.75, 3.05) is 18.8 Å². The molecule has 142 valence electrons. The predicted octanol–water partition coefficient (Wildman–Crippen LogP) is 4.34. The largest absolute Gasteiger partial charge is 0.358 e. The Morgan fingerprint density at radius 1 is 1.15 bits per heavy atom. The van der Waals surface area contributed by atoms with E-state index in [1.165, 1.54) is 0 Å². The lowest BCUT2D eigenvalue weighted by atomic mass is 10.1. The summed E-state index contributed by atoms with van der Waals surface area (Å²) in [5.41, 5.74) is 4.83. The number of nitrogens with one attached hydrogen (secondary N) is 1. The second-order valence-corrected chi connectivity index (χ2v) is 7.99. The summed E-state index contributed by atoms with van der Waals surface area (Å²) in [6.45, 7) is 5.89. The molecule has 0 fully saturated rings. The Bertz CT molecular complexity index is 793. The molecule has 2 rings (SSSR count). The molecule has 0 spiro atoms. The van der Waals surface area contributed by atoms with Crippen LogP contribution in [0, 0.1) is 0 Å². The molecule has 0 atom stereocenters. The van der Waals surface area contributed by atoms with Crippen molar-refractivity contribution in [3.8, 4) is 0 Å². The molecule has 0 unspecified atom stereocenters. The lowest BCUT2D eigenvalue weighted by Crippen LogP contribution is -2.28. The highest BCUT2D eigenvalue weighted by Crippen LogP contribution is 2.16. The maximum atomic E-state index is 12.3. The van der Waals surface area contributed by atoms with Crippen LogP contribution in [-0.2, 0) is 0 Å². The van der Waals surface area contributed by atoms with Crippen LogP contribution in [0.25, 0.3) is 0 Å². The number of amides is 1. The first-order chi connectivity index (χ1) is 13.0. The third-order valence-corrected chi connectivity index (χ3v) is 5.83. The summed E-state index contributed by atoms with van der Waals surface area (Å²) in [6.07, 6.45) is 3.15. The van der Waals surface area contributed by atoms with Crippen LogP contribution in [0.3, 0.4) is 0 Å². The Hall–Kier alpha value is -1.77. The number of rotatable bonds is 7. The van der Waals surface area contributed by atoms with Crippen molar-refractivity contribution in [3.63, 3.8) is 0 Å². The summed E-state index contributed by atoms with van der Waals surface area (Å²) in [5.74, 6) is 0.288. The number of thioether (sulfide) groups is 1. The van der Waals surface area contributed by atoms with Gasteiger partial charge < -0.3 is 4.90 Å². The van der Waals surface area contributed by atoms with Crippen LogP contribution in [-0.4, -0.2) is 44.7 Å². The summed E-state index contributed by atoms with van der Waals surface area (Å²) in [4.78, 5) is 18.3. The zero-order chi connectivity index (χ0) is 19.6. The zero-order valence-electron chi connectivity index (χ0n) is 15.2. The minimum absolute atomic E-state index is 0.275. The van der Waals surface area contributed by atoms with Crippen molar-refractivity contribution < 1.29 is 4.79 Å². The van der Waals surface area contributed by atoms with Gasteiger partial charge in [0.05, 0.1) is 5.71 Å². The molecular formula is C19H21BrN4OS2. The second-order valence-electron chi connectivity index (χ2n) is 5.47. The predicted molar refractivity (Wildman–Crippen MR) is 120 cm³/mol. The van der Waals surface area contributed by atoms with Gasteiger partial charge in [-0.1, -0.05) is 52.0 Å². The fraction of sp³-hybridized carbons (Fsp3) is 0.263. The van der Waals surface area contributed by atoms with Gasteiger partial charge in [-0.15, -0.1) is 0 Å². The first kappa shape index (κ1) is 21.5. The van der Waals surface area contributed by atoms with Gasteiger partial charge in [-0.3, -0.25) is 9.78 Å². The van der Waals surface area contributed by atoms with Gasteiger partial charge in [0, 0.05) is 41.3 Å². The van der Waals surface area contributed by atoms with Gasteiger partial charge in [-0.05, 0) is 43.7 Å². The Balaban J connectivity index is 2.15. The molecule has 27 heavy (non-hydrogen) atoms. The Morgan fingerprint density at radius 3 is 2.37 bits per heavy atom. The maximum Gasteiger partial charge on any atom is 0.271 e. The van der Waals surface area contributed by atoms with E-state index in [4.69, 9.17) is 12.2 Å². The summed E-state index contributed by atoms with van der Waals surface area (Å²) in [5, 5.41) is 4.37. The Morgan fingerprint density at radius 2 is 1.78 bits per heavy atom. The first-order valence-corrected chi connectivity index (χ1v) is 10.7. The monoisotopic (exact) mass is 464 g/mol. The van der Waals surface area contributed by atoms with Crippen LogP contribution >= 0.6 is 39.9 Å². The SMILES string of the molecule is CCN(CC)C(=S)SC/C(=N\NC(=O)c1ccncc1)c1ccc(Br)cc1. The minimum Gasteiger partial charge on any atom is -0.358 e. The van der Waals surface area contributed by atoms with Crippen LogP contribution < -0.4 is 5.43 Å². The van der Waals surface area contributed by atoms with Gasteiger partial charge >= 0.3 is 0 Å². The number of hydrogen-bond acceptors (Lipinski definition) is 5. The van der Waals surface area contributed by atoms with E-state index in [0.717, 1.165) is 33.2 Å². The molecule has 0 aliphatic heterocycles. The van der Waals surface area contributed by atoms with E-state index in [9.17, 15) is 4.79 Å². The number of carbonyl (C=O) groups is 1. The number of benzene rings is 1. The number of nitrogens with zero attached hydrogens (tertiary/aromatic N) is 3. The molecule has 1 aromatic carbocycles. The van der Waals surface area contributed by atoms with Crippen molar-refractivity contribution in [1.29, 1.82) is 0 Å². The van der Waals surface area contributed by atoms with E-state index in [0.29, 0.717) is 11.3 Å². The van der Waals surface area contributed by atoms with Crippen LogP contribution in [0.5, 0.6) is 0 Å². The zero-order valence-corrected chi connectivity index (χ0v) is 18.4. The van der Waals surface area contributed by atoms with Crippen molar-refractivity contribution in [3.05, 3.63) is 64.4 Å². The number of pyridine rings is 1.